The Morgan fingerprint density at radius 1 is 0.377 bits per heavy atom. The van der Waals surface area contributed by atoms with Gasteiger partial charge in [0.2, 0.25) is 0 Å². The lowest BCUT2D eigenvalue weighted by Gasteiger charge is -2.34. The predicted molar refractivity (Wildman–Crippen MR) is 248 cm³/mol. The third kappa shape index (κ3) is 4.87. The zero-order valence-electron chi connectivity index (χ0n) is 32.8. The van der Waals surface area contributed by atoms with Crippen LogP contribution < -0.4 is 0 Å². The molecule has 4 nitrogen and oxygen atoms in total. The van der Waals surface area contributed by atoms with E-state index in [-0.39, 0.29) is 0 Å². The molecule has 0 radical (unpaired) electrons. The Morgan fingerprint density at radius 3 is 1.90 bits per heavy atom. The largest absolute Gasteiger partial charge is 0.455 e. The van der Waals surface area contributed by atoms with Crippen LogP contribution in [0.1, 0.15) is 22.3 Å². The van der Waals surface area contributed by atoms with Crippen molar-refractivity contribution in [3.8, 4) is 44.6 Å². The first kappa shape index (κ1) is 33.8. The lowest BCUT2D eigenvalue weighted by atomic mass is 9.67. The van der Waals surface area contributed by atoms with E-state index < -0.39 is 5.41 Å². The van der Waals surface area contributed by atoms with Gasteiger partial charge in [-0.1, -0.05) is 170 Å². The van der Waals surface area contributed by atoms with E-state index in [1.165, 1.54) is 44.2 Å². The summed E-state index contributed by atoms with van der Waals surface area (Å²) in [5.41, 5.74) is 17.1. The maximum Gasteiger partial charge on any atom is 0.180 e. The Labute approximate surface area is 351 Å². The number of rotatable bonds is 5. The molecule has 0 saturated heterocycles. The number of fused-ring (bicyclic) bond motifs is 11. The minimum Gasteiger partial charge on any atom is -0.455 e. The molecule has 284 valence electrons. The Morgan fingerprint density at radius 2 is 1.03 bits per heavy atom. The van der Waals surface area contributed by atoms with Crippen LogP contribution in [0.3, 0.4) is 0 Å². The highest BCUT2D eigenvalue weighted by Crippen LogP contribution is 2.56. The van der Waals surface area contributed by atoms with Crippen molar-refractivity contribution < 1.29 is 8.83 Å². The van der Waals surface area contributed by atoms with Crippen LogP contribution in [0.2, 0.25) is 0 Å². The summed E-state index contributed by atoms with van der Waals surface area (Å²) >= 11 is 0. The minimum absolute atomic E-state index is 0.474. The van der Waals surface area contributed by atoms with Crippen LogP contribution in [-0.2, 0) is 5.41 Å². The number of furan rings is 2. The van der Waals surface area contributed by atoms with E-state index in [4.69, 9.17) is 18.8 Å². The molecular weight excluding hydrogens is 745 g/mol. The molecule has 0 saturated carbocycles. The highest BCUT2D eigenvalue weighted by molar-refractivity contribution is 6.20. The van der Waals surface area contributed by atoms with E-state index in [2.05, 4.69) is 200 Å². The van der Waals surface area contributed by atoms with E-state index >= 15 is 0 Å². The van der Waals surface area contributed by atoms with Crippen molar-refractivity contribution in [1.29, 1.82) is 0 Å². The maximum absolute atomic E-state index is 6.65. The highest BCUT2D eigenvalue weighted by Gasteiger charge is 2.46. The van der Waals surface area contributed by atoms with Crippen molar-refractivity contribution in [2.24, 2.45) is 0 Å². The molecule has 0 bridgehead atoms. The number of benzene rings is 9. The quantitative estimate of drug-likeness (QED) is 0.175. The first-order valence-corrected chi connectivity index (χ1v) is 20.7. The molecule has 1 aliphatic rings. The third-order valence-corrected chi connectivity index (χ3v) is 12.9. The summed E-state index contributed by atoms with van der Waals surface area (Å²) in [5, 5.41) is 5.58. The van der Waals surface area contributed by atoms with E-state index in [0.29, 0.717) is 5.58 Å². The van der Waals surface area contributed by atoms with Crippen LogP contribution in [0.15, 0.2) is 215 Å². The summed E-state index contributed by atoms with van der Waals surface area (Å²) in [6.45, 7) is 0. The van der Waals surface area contributed by atoms with Gasteiger partial charge in [0.15, 0.2) is 5.58 Å². The average molecular weight is 779 g/mol. The van der Waals surface area contributed by atoms with Gasteiger partial charge in [-0.2, -0.15) is 0 Å². The van der Waals surface area contributed by atoms with Crippen molar-refractivity contribution in [3.05, 3.63) is 229 Å². The smallest absolute Gasteiger partial charge is 0.180 e. The van der Waals surface area contributed by atoms with Crippen molar-refractivity contribution >= 4 is 54.8 Å². The topological polar surface area (TPSA) is 52.1 Å². The Bertz CT molecular complexity index is 3670. The van der Waals surface area contributed by atoms with Crippen LogP contribution in [0.25, 0.3) is 99.4 Å². The van der Waals surface area contributed by atoms with Gasteiger partial charge in [0, 0.05) is 27.3 Å². The van der Waals surface area contributed by atoms with E-state index in [1.807, 2.05) is 0 Å². The van der Waals surface area contributed by atoms with Crippen LogP contribution in [-0.4, -0.2) is 9.97 Å². The summed E-state index contributed by atoms with van der Waals surface area (Å²) < 4.78 is 13.2. The van der Waals surface area contributed by atoms with Gasteiger partial charge in [0.25, 0.3) is 0 Å². The molecule has 0 atom stereocenters. The van der Waals surface area contributed by atoms with Gasteiger partial charge in [0.1, 0.15) is 34.3 Å². The lowest BCUT2D eigenvalue weighted by molar-refractivity contribution is 0.667. The molecule has 0 spiro atoms. The minimum atomic E-state index is -0.474. The fourth-order valence-electron chi connectivity index (χ4n) is 10.2. The van der Waals surface area contributed by atoms with Crippen LogP contribution in [0.5, 0.6) is 0 Å². The molecule has 0 unspecified atom stereocenters. The van der Waals surface area contributed by atoms with E-state index in [9.17, 15) is 0 Å². The summed E-state index contributed by atoms with van der Waals surface area (Å²) in [6.07, 6.45) is 1.65. The molecular formula is C57H34N2O2. The fraction of sp³-hybridized carbons (Fsp3) is 0.0175. The van der Waals surface area contributed by atoms with Gasteiger partial charge >= 0.3 is 0 Å². The third-order valence-electron chi connectivity index (χ3n) is 12.9. The summed E-state index contributed by atoms with van der Waals surface area (Å²) in [6, 6.07) is 71.7. The maximum atomic E-state index is 6.65. The Balaban J connectivity index is 0.937. The predicted octanol–water partition coefficient (Wildman–Crippen LogP) is 14.8. The molecule has 13 rings (SSSR count). The van der Waals surface area contributed by atoms with Crippen molar-refractivity contribution in [3.63, 3.8) is 0 Å². The second-order valence-electron chi connectivity index (χ2n) is 16.0. The second-order valence-corrected chi connectivity index (χ2v) is 16.0. The zero-order chi connectivity index (χ0) is 40.1. The van der Waals surface area contributed by atoms with Crippen molar-refractivity contribution in [2.75, 3.05) is 0 Å². The van der Waals surface area contributed by atoms with Crippen LogP contribution in [0, 0.1) is 0 Å². The van der Waals surface area contributed by atoms with Gasteiger partial charge in [-0.05, 0) is 91.2 Å². The van der Waals surface area contributed by atoms with Gasteiger partial charge in [-0.15, -0.1) is 0 Å². The first-order chi connectivity index (χ1) is 30.2. The first-order valence-electron chi connectivity index (χ1n) is 20.7. The number of para-hydroxylation sites is 1. The highest BCUT2D eigenvalue weighted by atomic mass is 16.3. The van der Waals surface area contributed by atoms with Crippen LogP contribution >= 0.6 is 0 Å². The van der Waals surface area contributed by atoms with Gasteiger partial charge in [-0.3, -0.25) is 0 Å². The summed E-state index contributed by atoms with van der Waals surface area (Å²) in [5.74, 6) is 0. The molecule has 0 amide bonds. The van der Waals surface area contributed by atoms with Crippen molar-refractivity contribution in [2.45, 2.75) is 5.41 Å². The van der Waals surface area contributed by atoms with E-state index in [0.717, 1.165) is 71.9 Å². The average Bonchev–Trinajstić information content (AvgIpc) is 4.00. The molecule has 0 N–H and O–H groups in total. The van der Waals surface area contributed by atoms with Crippen LogP contribution in [0.4, 0.5) is 0 Å². The second kappa shape index (κ2) is 13.0. The van der Waals surface area contributed by atoms with Gasteiger partial charge in [0.05, 0.1) is 5.41 Å². The molecule has 3 aromatic heterocycles. The lowest BCUT2D eigenvalue weighted by Crippen LogP contribution is -2.28. The number of hydrogen-bond donors (Lipinski definition) is 0. The molecule has 12 aromatic rings. The monoisotopic (exact) mass is 778 g/mol. The Hall–Kier alpha value is -8.08. The van der Waals surface area contributed by atoms with E-state index in [1.54, 1.807) is 6.33 Å². The molecule has 1 aliphatic carbocycles. The normalized spacial score (nSPS) is 13.0. The molecule has 61 heavy (non-hydrogen) atoms. The Kier molecular flexibility index (Phi) is 7.19. The molecule has 0 fully saturated rings. The molecule has 9 aromatic carbocycles. The molecule has 4 heteroatoms. The standard InChI is InChI=1S/C57H34N2O2/c1-3-16-40(17-4-1)57(41-18-5-2-6-19-41)48-24-10-9-21-44(48)45-28-25-37(33-49(45)57)36-27-29-50-47(32-36)54-56(60-50)53(58-34-59-54)39-15-11-14-38(31-39)43-22-12-23-46-52-42-20-8-7-13-35(42)26-30-51(52)61-55(43)46/h1-34H. The van der Waals surface area contributed by atoms with Crippen molar-refractivity contribution in [1.82, 2.24) is 9.97 Å². The van der Waals surface area contributed by atoms with Gasteiger partial charge in [-0.25, -0.2) is 9.97 Å². The molecule has 0 aliphatic heterocycles. The number of nitrogens with zero attached hydrogens (tertiary/aromatic N) is 2. The number of aromatic nitrogens is 2. The molecule has 3 heterocycles. The summed E-state index contributed by atoms with van der Waals surface area (Å²) in [7, 11) is 0. The summed E-state index contributed by atoms with van der Waals surface area (Å²) in [4.78, 5) is 9.65. The SMILES string of the molecule is c1ccc(C2(c3ccccc3)c3ccccc3-c3ccc(-c4ccc5oc6c(-c7cccc(-c8cccc9c8oc8ccc%10ccccc%10c89)c7)ncnc6c5c4)cc32)cc1. The fourth-order valence-corrected chi connectivity index (χ4v) is 10.2. The zero-order valence-corrected chi connectivity index (χ0v) is 32.8. The number of hydrogen-bond acceptors (Lipinski definition) is 4. The van der Waals surface area contributed by atoms with Gasteiger partial charge < -0.3 is 8.83 Å².